The minimum Gasteiger partial charge on any atom is -0.448 e. The first-order valence-electron chi connectivity index (χ1n) is 7.56. The van der Waals surface area contributed by atoms with Crippen LogP contribution in [0.3, 0.4) is 0 Å². The van der Waals surface area contributed by atoms with Crippen molar-refractivity contribution < 1.29 is 14.3 Å². The number of aryl methyl sites for hydroxylation is 2. The Morgan fingerprint density at radius 3 is 2.71 bits per heavy atom. The second-order valence-electron chi connectivity index (χ2n) is 5.26. The van der Waals surface area contributed by atoms with Crippen molar-refractivity contribution in [3.8, 4) is 6.07 Å². The van der Waals surface area contributed by atoms with E-state index in [-0.39, 0.29) is 0 Å². The number of carbonyl (C=O) groups excluding carboxylic acids is 2. The lowest BCUT2D eigenvalue weighted by Crippen LogP contribution is -2.30. The molecule has 0 saturated heterocycles. The molecule has 0 radical (unpaired) electrons. The SMILES string of the molecule is CCc1sc(C(=O)OC(C)C(=O)Nc2ccccc2C#N)cc1C. The van der Waals surface area contributed by atoms with E-state index in [9.17, 15) is 9.59 Å². The van der Waals surface area contributed by atoms with E-state index in [0.29, 0.717) is 16.1 Å². The van der Waals surface area contributed by atoms with Gasteiger partial charge in [0, 0.05) is 4.88 Å². The number of thiophene rings is 1. The van der Waals surface area contributed by atoms with Crippen LogP contribution in [0.25, 0.3) is 0 Å². The molecule has 1 heterocycles. The first-order valence-corrected chi connectivity index (χ1v) is 8.38. The van der Waals surface area contributed by atoms with Gasteiger partial charge in [-0.05, 0) is 44.0 Å². The van der Waals surface area contributed by atoms with E-state index in [1.165, 1.54) is 18.3 Å². The van der Waals surface area contributed by atoms with Gasteiger partial charge < -0.3 is 10.1 Å². The van der Waals surface area contributed by atoms with Crippen molar-refractivity contribution in [3.05, 3.63) is 51.2 Å². The number of esters is 1. The minimum atomic E-state index is -0.961. The Kier molecular flexibility index (Phi) is 5.72. The Labute approximate surface area is 144 Å². The summed E-state index contributed by atoms with van der Waals surface area (Å²) in [5, 5.41) is 11.6. The molecule has 0 aliphatic heterocycles. The Bertz CT molecular complexity index is 805. The van der Waals surface area contributed by atoms with Crippen LogP contribution in [0.1, 0.15) is 39.5 Å². The molecule has 2 rings (SSSR count). The van der Waals surface area contributed by atoms with Crippen LogP contribution in [0, 0.1) is 18.3 Å². The number of amides is 1. The summed E-state index contributed by atoms with van der Waals surface area (Å²) in [6.07, 6.45) is -0.109. The molecule has 1 unspecified atom stereocenters. The van der Waals surface area contributed by atoms with Gasteiger partial charge in [0.05, 0.1) is 11.3 Å². The largest absolute Gasteiger partial charge is 0.448 e. The van der Waals surface area contributed by atoms with Crippen molar-refractivity contribution in [1.82, 2.24) is 0 Å². The number of nitriles is 1. The highest BCUT2D eigenvalue weighted by Crippen LogP contribution is 2.23. The van der Waals surface area contributed by atoms with Crippen LogP contribution < -0.4 is 5.32 Å². The smallest absolute Gasteiger partial charge is 0.349 e. The van der Waals surface area contributed by atoms with Crippen LogP contribution in [-0.4, -0.2) is 18.0 Å². The Morgan fingerprint density at radius 2 is 2.08 bits per heavy atom. The zero-order valence-corrected chi connectivity index (χ0v) is 14.6. The number of ether oxygens (including phenoxy) is 1. The highest BCUT2D eigenvalue weighted by atomic mass is 32.1. The van der Waals surface area contributed by atoms with E-state index >= 15 is 0 Å². The first-order chi connectivity index (χ1) is 11.5. The van der Waals surface area contributed by atoms with E-state index < -0.39 is 18.0 Å². The van der Waals surface area contributed by atoms with Crippen LogP contribution in [0.15, 0.2) is 30.3 Å². The summed E-state index contributed by atoms with van der Waals surface area (Å²) in [5.74, 6) is -0.992. The van der Waals surface area contributed by atoms with Crippen molar-refractivity contribution >= 4 is 28.9 Å². The third-order valence-electron chi connectivity index (χ3n) is 3.50. The number of benzene rings is 1. The van der Waals surface area contributed by atoms with Crippen molar-refractivity contribution in [3.63, 3.8) is 0 Å². The number of para-hydroxylation sites is 1. The Hall–Kier alpha value is -2.65. The maximum atomic E-state index is 12.2. The number of carbonyl (C=O) groups is 2. The molecule has 5 nitrogen and oxygen atoms in total. The van der Waals surface area contributed by atoms with Crippen LogP contribution in [0.4, 0.5) is 5.69 Å². The quantitative estimate of drug-likeness (QED) is 0.841. The lowest BCUT2D eigenvalue weighted by Gasteiger charge is -2.13. The van der Waals surface area contributed by atoms with Crippen LogP contribution in [-0.2, 0) is 16.0 Å². The summed E-state index contributed by atoms with van der Waals surface area (Å²) < 4.78 is 5.23. The number of hydrogen-bond acceptors (Lipinski definition) is 5. The normalized spacial score (nSPS) is 11.4. The van der Waals surface area contributed by atoms with E-state index in [4.69, 9.17) is 10.00 Å². The standard InChI is InChI=1S/C18H18N2O3S/c1-4-15-11(2)9-16(24-15)18(22)23-12(3)17(21)20-14-8-6-5-7-13(14)10-19/h5-9,12H,4H2,1-3H3,(H,20,21). The molecule has 0 saturated carbocycles. The molecule has 0 aliphatic carbocycles. The van der Waals surface area contributed by atoms with Crippen molar-refractivity contribution in [2.24, 2.45) is 0 Å². The summed E-state index contributed by atoms with van der Waals surface area (Å²) in [7, 11) is 0. The summed E-state index contributed by atoms with van der Waals surface area (Å²) in [5.41, 5.74) is 1.80. The highest BCUT2D eigenvalue weighted by molar-refractivity contribution is 7.14. The van der Waals surface area contributed by atoms with Crippen LogP contribution in [0.2, 0.25) is 0 Å². The van der Waals surface area contributed by atoms with Gasteiger partial charge in [-0.3, -0.25) is 4.79 Å². The van der Waals surface area contributed by atoms with Gasteiger partial charge in [-0.2, -0.15) is 5.26 Å². The average Bonchev–Trinajstić information content (AvgIpc) is 2.96. The van der Waals surface area contributed by atoms with E-state index in [1.54, 1.807) is 30.3 Å². The van der Waals surface area contributed by atoms with Crippen LogP contribution >= 0.6 is 11.3 Å². The maximum Gasteiger partial charge on any atom is 0.349 e. The third kappa shape index (κ3) is 4.00. The fourth-order valence-corrected chi connectivity index (χ4v) is 3.16. The second-order valence-corrected chi connectivity index (χ2v) is 6.40. The molecular weight excluding hydrogens is 324 g/mol. The lowest BCUT2D eigenvalue weighted by molar-refractivity contribution is -0.123. The molecule has 2 aromatic rings. The Morgan fingerprint density at radius 1 is 1.38 bits per heavy atom. The lowest BCUT2D eigenvalue weighted by atomic mass is 10.2. The number of hydrogen-bond donors (Lipinski definition) is 1. The van der Waals surface area contributed by atoms with E-state index in [2.05, 4.69) is 5.32 Å². The predicted octanol–water partition coefficient (Wildman–Crippen LogP) is 3.67. The van der Waals surface area contributed by atoms with Gasteiger partial charge in [-0.1, -0.05) is 19.1 Å². The Balaban J connectivity index is 2.03. The highest BCUT2D eigenvalue weighted by Gasteiger charge is 2.21. The number of rotatable bonds is 5. The fourth-order valence-electron chi connectivity index (χ4n) is 2.17. The summed E-state index contributed by atoms with van der Waals surface area (Å²) >= 11 is 1.38. The molecule has 1 aromatic heterocycles. The molecule has 1 atom stereocenters. The molecule has 0 spiro atoms. The number of anilines is 1. The van der Waals surface area contributed by atoms with Gasteiger partial charge in [0.15, 0.2) is 6.10 Å². The molecule has 1 N–H and O–H groups in total. The van der Waals surface area contributed by atoms with Crippen molar-refractivity contribution in [2.45, 2.75) is 33.3 Å². The zero-order valence-electron chi connectivity index (χ0n) is 13.8. The molecule has 0 aliphatic rings. The fraction of sp³-hybridized carbons (Fsp3) is 0.278. The number of nitrogens with zero attached hydrogens (tertiary/aromatic N) is 1. The number of nitrogens with one attached hydrogen (secondary N) is 1. The average molecular weight is 342 g/mol. The molecule has 124 valence electrons. The second kappa shape index (κ2) is 7.75. The third-order valence-corrected chi connectivity index (χ3v) is 4.86. The van der Waals surface area contributed by atoms with Gasteiger partial charge >= 0.3 is 5.97 Å². The summed E-state index contributed by atoms with van der Waals surface area (Å²) in [4.78, 5) is 26.0. The van der Waals surface area contributed by atoms with Gasteiger partial charge in [-0.25, -0.2) is 4.79 Å². The molecule has 0 bridgehead atoms. The van der Waals surface area contributed by atoms with Gasteiger partial charge in [-0.15, -0.1) is 11.3 Å². The molecule has 1 amide bonds. The molecule has 0 fully saturated rings. The van der Waals surface area contributed by atoms with Crippen molar-refractivity contribution in [1.29, 1.82) is 5.26 Å². The minimum absolute atomic E-state index is 0.353. The zero-order chi connectivity index (χ0) is 17.7. The maximum absolute atomic E-state index is 12.2. The molecule has 24 heavy (non-hydrogen) atoms. The molecule has 6 heteroatoms. The predicted molar refractivity (Wildman–Crippen MR) is 93.1 cm³/mol. The van der Waals surface area contributed by atoms with Gasteiger partial charge in [0.2, 0.25) is 0 Å². The molecular formula is C18H18N2O3S. The molecule has 1 aromatic carbocycles. The summed E-state index contributed by atoms with van der Waals surface area (Å²) in [6.45, 7) is 5.47. The summed E-state index contributed by atoms with van der Waals surface area (Å²) in [6, 6.07) is 10.4. The van der Waals surface area contributed by atoms with E-state index in [1.807, 2.05) is 19.9 Å². The van der Waals surface area contributed by atoms with Gasteiger partial charge in [0.25, 0.3) is 5.91 Å². The monoisotopic (exact) mass is 342 g/mol. The first kappa shape index (κ1) is 17.7. The van der Waals surface area contributed by atoms with Gasteiger partial charge in [0.1, 0.15) is 10.9 Å². The topological polar surface area (TPSA) is 79.2 Å². The van der Waals surface area contributed by atoms with E-state index in [0.717, 1.165) is 16.9 Å². The van der Waals surface area contributed by atoms with Crippen molar-refractivity contribution in [2.75, 3.05) is 5.32 Å². The van der Waals surface area contributed by atoms with Crippen LogP contribution in [0.5, 0.6) is 0 Å².